The van der Waals surface area contributed by atoms with E-state index in [4.69, 9.17) is 8.85 Å². The van der Waals surface area contributed by atoms with Gasteiger partial charge >= 0.3 is 0 Å². The van der Waals surface area contributed by atoms with E-state index < -0.39 is 29.9 Å². The fourth-order valence-corrected chi connectivity index (χ4v) is 9.56. The Morgan fingerprint density at radius 3 is 1.67 bits per heavy atom. The van der Waals surface area contributed by atoms with Crippen molar-refractivity contribution in [2.75, 3.05) is 6.16 Å². The third-order valence-corrected chi connectivity index (χ3v) is 21.0. The SMILES string of the molecule is CC(C)(C)[Si](C)(C)OC1C/C(=C/CP(=O)(c2ccccc2)c2ccccc2)C(=O)[C@@H](O[Si](C)(C)C(C)(C)C)C1. The molecule has 0 saturated heterocycles. The van der Waals surface area contributed by atoms with Gasteiger partial charge in [0, 0.05) is 29.6 Å². The van der Waals surface area contributed by atoms with Gasteiger partial charge in [-0.1, -0.05) is 108 Å². The summed E-state index contributed by atoms with van der Waals surface area (Å²) in [5, 5.41) is 1.66. The van der Waals surface area contributed by atoms with Crippen LogP contribution < -0.4 is 10.6 Å². The molecular weight excluding hydrogens is 535 g/mol. The Labute approximate surface area is 239 Å². The van der Waals surface area contributed by atoms with Crippen molar-refractivity contribution in [2.45, 2.75) is 103 Å². The fourth-order valence-electron chi connectivity index (χ4n) is 4.42. The van der Waals surface area contributed by atoms with E-state index in [0.717, 1.165) is 10.6 Å². The Morgan fingerprint density at radius 1 is 0.795 bits per heavy atom. The van der Waals surface area contributed by atoms with E-state index in [1.165, 1.54) is 0 Å². The van der Waals surface area contributed by atoms with Gasteiger partial charge in [0.2, 0.25) is 0 Å². The summed E-state index contributed by atoms with van der Waals surface area (Å²) in [5.74, 6) is 0.0302. The minimum atomic E-state index is -2.98. The van der Waals surface area contributed by atoms with Gasteiger partial charge in [0.1, 0.15) is 13.2 Å². The Kier molecular flexibility index (Phi) is 9.62. The van der Waals surface area contributed by atoms with Crippen LogP contribution in [0.5, 0.6) is 0 Å². The lowest BCUT2D eigenvalue weighted by Crippen LogP contribution is -2.51. The Bertz CT molecular complexity index is 1160. The summed E-state index contributed by atoms with van der Waals surface area (Å²) in [6.45, 7) is 22.2. The highest BCUT2D eigenvalue weighted by Crippen LogP contribution is 2.45. The Hall–Kier alpha value is -1.57. The van der Waals surface area contributed by atoms with E-state index in [1.54, 1.807) is 0 Å². The molecule has 0 bridgehead atoms. The molecule has 4 nitrogen and oxygen atoms in total. The molecule has 39 heavy (non-hydrogen) atoms. The standard InChI is InChI=1S/C32H49O4PSi2/c1-31(2,3)38(7,8)35-26-23-25(30(33)29(24-26)36-39(9,10)32(4,5)6)21-22-37(34,27-17-13-11-14-18-27)28-19-15-12-16-20-28/h11-21,26,29H,22-24H2,1-10H3/b25-21-/t26?,29-/m0/s1. The first-order valence-corrected chi connectivity index (χ1v) is 21.9. The highest BCUT2D eigenvalue weighted by atomic mass is 31.2. The number of ketones is 1. The monoisotopic (exact) mass is 584 g/mol. The number of carbonyl (C=O) groups is 1. The predicted octanol–water partition coefficient (Wildman–Crippen LogP) is 8.07. The lowest BCUT2D eigenvalue weighted by molar-refractivity contribution is -0.126. The molecule has 214 valence electrons. The zero-order valence-corrected chi connectivity index (χ0v) is 28.6. The van der Waals surface area contributed by atoms with Gasteiger partial charge in [0.05, 0.1) is 6.10 Å². The molecule has 2 aromatic carbocycles. The molecule has 0 N–H and O–H groups in total. The van der Waals surface area contributed by atoms with E-state index in [0.29, 0.717) is 24.6 Å². The molecule has 1 aliphatic rings. The molecule has 3 rings (SSSR count). The van der Waals surface area contributed by atoms with Crippen LogP contribution in [0.25, 0.3) is 0 Å². The van der Waals surface area contributed by atoms with E-state index in [1.807, 2.05) is 66.7 Å². The van der Waals surface area contributed by atoms with Crippen LogP contribution in [-0.2, 0) is 18.2 Å². The normalized spacial score (nSPS) is 20.9. The molecule has 1 saturated carbocycles. The third-order valence-electron chi connectivity index (χ3n) is 8.99. The van der Waals surface area contributed by atoms with E-state index in [9.17, 15) is 9.36 Å². The topological polar surface area (TPSA) is 52.6 Å². The molecule has 2 atom stereocenters. The Balaban J connectivity index is 2.01. The van der Waals surface area contributed by atoms with E-state index in [-0.39, 0.29) is 22.0 Å². The maximum atomic E-state index is 14.6. The van der Waals surface area contributed by atoms with Crippen molar-refractivity contribution in [3.63, 3.8) is 0 Å². The number of allylic oxidation sites excluding steroid dienone is 1. The van der Waals surface area contributed by atoms with Gasteiger partial charge in [0.25, 0.3) is 0 Å². The molecule has 0 aromatic heterocycles. The van der Waals surface area contributed by atoms with Crippen molar-refractivity contribution in [1.29, 1.82) is 0 Å². The summed E-state index contributed by atoms with van der Waals surface area (Å²) in [4.78, 5) is 13.9. The molecule has 1 aliphatic carbocycles. The van der Waals surface area contributed by atoms with Crippen molar-refractivity contribution in [1.82, 2.24) is 0 Å². The van der Waals surface area contributed by atoms with Crippen LogP contribution >= 0.6 is 7.14 Å². The summed E-state index contributed by atoms with van der Waals surface area (Å²) in [6.07, 6.45) is 2.70. The van der Waals surface area contributed by atoms with Gasteiger partial charge in [-0.15, -0.1) is 0 Å². The second-order valence-electron chi connectivity index (χ2n) is 14.0. The van der Waals surface area contributed by atoms with E-state index >= 15 is 0 Å². The summed E-state index contributed by atoms with van der Waals surface area (Å²) in [7, 11) is -7.26. The van der Waals surface area contributed by atoms with Gasteiger partial charge in [-0.25, -0.2) is 0 Å². The maximum absolute atomic E-state index is 14.6. The first-order chi connectivity index (χ1) is 17.9. The Morgan fingerprint density at radius 2 is 1.23 bits per heavy atom. The zero-order chi connectivity index (χ0) is 29.3. The predicted molar refractivity (Wildman–Crippen MR) is 171 cm³/mol. The van der Waals surface area contributed by atoms with Gasteiger partial charge in [-0.05, 0) is 41.8 Å². The highest BCUT2D eigenvalue weighted by Gasteiger charge is 2.46. The number of Topliss-reactive ketones (excluding diaryl/α,β-unsaturated/α-hetero) is 1. The van der Waals surface area contributed by atoms with Crippen LogP contribution in [0, 0.1) is 0 Å². The third kappa shape index (κ3) is 7.39. The quantitative estimate of drug-likeness (QED) is 0.179. The lowest BCUT2D eigenvalue weighted by atomic mass is 9.89. The summed E-state index contributed by atoms with van der Waals surface area (Å²) in [6, 6.07) is 19.3. The summed E-state index contributed by atoms with van der Waals surface area (Å²) in [5.41, 5.74) is 0.695. The molecule has 1 unspecified atom stereocenters. The highest BCUT2D eigenvalue weighted by molar-refractivity contribution is 7.78. The van der Waals surface area contributed by atoms with Crippen LogP contribution in [0.15, 0.2) is 72.3 Å². The number of benzene rings is 2. The van der Waals surface area contributed by atoms with Crippen LogP contribution in [-0.4, -0.2) is 40.8 Å². The molecule has 0 amide bonds. The zero-order valence-electron chi connectivity index (χ0n) is 25.7. The number of rotatable bonds is 8. The minimum absolute atomic E-state index is 0.0132. The smallest absolute Gasteiger partial charge is 0.193 e. The molecule has 0 heterocycles. The first kappa shape index (κ1) is 32.0. The minimum Gasteiger partial charge on any atom is -0.413 e. The molecule has 0 radical (unpaired) electrons. The van der Waals surface area contributed by atoms with Gasteiger partial charge < -0.3 is 13.4 Å². The molecule has 0 spiro atoms. The second-order valence-corrected chi connectivity index (χ2v) is 26.4. The van der Waals surface area contributed by atoms with E-state index in [2.05, 4.69) is 67.7 Å². The number of hydrogen-bond donors (Lipinski definition) is 0. The molecular formula is C32H49O4PSi2. The van der Waals surface area contributed by atoms with Crippen molar-refractivity contribution >= 4 is 40.2 Å². The first-order valence-electron chi connectivity index (χ1n) is 14.2. The van der Waals surface area contributed by atoms with Crippen LogP contribution in [0.4, 0.5) is 0 Å². The van der Waals surface area contributed by atoms with Crippen molar-refractivity contribution in [3.05, 3.63) is 72.3 Å². The van der Waals surface area contributed by atoms with Crippen molar-refractivity contribution < 1.29 is 18.2 Å². The number of carbonyl (C=O) groups excluding carboxylic acids is 1. The molecule has 1 fully saturated rings. The largest absolute Gasteiger partial charge is 0.413 e. The lowest BCUT2D eigenvalue weighted by Gasteiger charge is -2.44. The molecule has 7 heteroatoms. The van der Waals surface area contributed by atoms with Crippen molar-refractivity contribution in [2.24, 2.45) is 0 Å². The van der Waals surface area contributed by atoms with Gasteiger partial charge in [-0.3, -0.25) is 4.79 Å². The van der Waals surface area contributed by atoms with Gasteiger partial charge in [0.15, 0.2) is 22.4 Å². The molecule has 2 aromatic rings. The average Bonchev–Trinajstić information content (AvgIpc) is 2.84. The summed E-state index contributed by atoms with van der Waals surface area (Å²) < 4.78 is 28.2. The molecule has 0 aliphatic heterocycles. The maximum Gasteiger partial charge on any atom is 0.193 e. The average molecular weight is 585 g/mol. The second kappa shape index (κ2) is 11.7. The van der Waals surface area contributed by atoms with Crippen LogP contribution in [0.3, 0.4) is 0 Å². The summed E-state index contributed by atoms with van der Waals surface area (Å²) >= 11 is 0. The van der Waals surface area contributed by atoms with Gasteiger partial charge in [-0.2, -0.15) is 0 Å². The van der Waals surface area contributed by atoms with Crippen molar-refractivity contribution in [3.8, 4) is 0 Å². The fraction of sp³-hybridized carbons (Fsp3) is 0.531. The van der Waals surface area contributed by atoms with Crippen LogP contribution in [0.2, 0.25) is 36.3 Å². The van der Waals surface area contributed by atoms with Crippen LogP contribution in [0.1, 0.15) is 54.4 Å². The number of hydrogen-bond acceptors (Lipinski definition) is 4.